The van der Waals surface area contributed by atoms with Gasteiger partial charge in [0.1, 0.15) is 5.60 Å². The summed E-state index contributed by atoms with van der Waals surface area (Å²) in [6, 6.07) is 0.183. The number of hydrogen-bond acceptors (Lipinski definition) is 5. The summed E-state index contributed by atoms with van der Waals surface area (Å²) < 4.78 is 11.2. The molecule has 1 fully saturated rings. The van der Waals surface area contributed by atoms with Gasteiger partial charge in [-0.2, -0.15) is 0 Å². The van der Waals surface area contributed by atoms with E-state index in [0.29, 0.717) is 26.2 Å². The van der Waals surface area contributed by atoms with Gasteiger partial charge in [0, 0.05) is 32.8 Å². The molecule has 1 rings (SSSR count). The van der Waals surface area contributed by atoms with E-state index < -0.39 is 5.60 Å². The number of carbonyl (C=O) groups is 1. The van der Waals surface area contributed by atoms with Crippen molar-refractivity contribution in [2.24, 2.45) is 4.99 Å². The molecule has 8 heteroatoms. The largest absolute Gasteiger partial charge is 0.444 e. The lowest BCUT2D eigenvalue weighted by molar-refractivity contribution is 0.00700. The van der Waals surface area contributed by atoms with Crippen LogP contribution < -0.4 is 10.6 Å². The molecule has 0 saturated carbocycles. The quantitative estimate of drug-likeness (QED) is 0.463. The maximum atomic E-state index is 12.0. The fourth-order valence-electron chi connectivity index (χ4n) is 2.62. The molecule has 0 radical (unpaired) electrons. The Balaban J connectivity index is 2.49. The molecule has 1 heterocycles. The SMILES string of the molecule is CCNC(=NCC(CCN(C)C)OCC)NC1CN(C(=O)OC(C)(C)C)C1. The molecule has 0 aliphatic carbocycles. The second-order valence-electron chi connectivity index (χ2n) is 8.12. The first kappa shape index (κ1) is 23.5. The third-order valence-corrected chi connectivity index (χ3v) is 3.97. The van der Waals surface area contributed by atoms with Crippen LogP contribution in [0.15, 0.2) is 4.99 Å². The molecule has 2 N–H and O–H groups in total. The highest BCUT2D eigenvalue weighted by molar-refractivity contribution is 5.80. The highest BCUT2D eigenvalue weighted by atomic mass is 16.6. The third kappa shape index (κ3) is 9.81. The predicted molar refractivity (Wildman–Crippen MR) is 109 cm³/mol. The molecule has 158 valence electrons. The number of ether oxygens (including phenoxy) is 2. The van der Waals surface area contributed by atoms with Gasteiger partial charge in [0.2, 0.25) is 0 Å². The molecule has 1 saturated heterocycles. The first-order valence-corrected chi connectivity index (χ1v) is 9.93. The van der Waals surface area contributed by atoms with Crippen LogP contribution in [0, 0.1) is 0 Å². The lowest BCUT2D eigenvalue weighted by atomic mass is 10.1. The van der Waals surface area contributed by atoms with Gasteiger partial charge in [0.25, 0.3) is 0 Å². The summed E-state index contributed by atoms with van der Waals surface area (Å²) >= 11 is 0. The lowest BCUT2D eigenvalue weighted by Gasteiger charge is -2.40. The molecule has 1 aliphatic heterocycles. The second-order valence-corrected chi connectivity index (χ2v) is 8.12. The van der Waals surface area contributed by atoms with Crippen molar-refractivity contribution >= 4 is 12.1 Å². The van der Waals surface area contributed by atoms with E-state index in [1.165, 1.54) is 0 Å². The number of nitrogens with one attached hydrogen (secondary N) is 2. The number of carbonyl (C=O) groups excluding carboxylic acids is 1. The van der Waals surface area contributed by atoms with Gasteiger partial charge in [-0.15, -0.1) is 0 Å². The van der Waals surface area contributed by atoms with E-state index >= 15 is 0 Å². The molecule has 1 aliphatic rings. The summed E-state index contributed by atoms with van der Waals surface area (Å²) in [5, 5.41) is 6.65. The van der Waals surface area contributed by atoms with E-state index in [2.05, 4.69) is 34.6 Å². The zero-order valence-electron chi connectivity index (χ0n) is 18.2. The molecule has 1 unspecified atom stereocenters. The van der Waals surface area contributed by atoms with Gasteiger partial charge in [-0.1, -0.05) is 0 Å². The maximum absolute atomic E-state index is 12.0. The Hall–Kier alpha value is -1.54. The number of guanidine groups is 1. The first-order valence-electron chi connectivity index (χ1n) is 9.93. The smallest absolute Gasteiger partial charge is 0.410 e. The summed E-state index contributed by atoms with van der Waals surface area (Å²) in [7, 11) is 4.12. The molecule has 0 aromatic rings. The topological polar surface area (TPSA) is 78.4 Å². The monoisotopic (exact) mass is 385 g/mol. The number of rotatable bonds is 9. The van der Waals surface area contributed by atoms with Gasteiger partial charge in [-0.05, 0) is 55.1 Å². The Morgan fingerprint density at radius 2 is 1.96 bits per heavy atom. The van der Waals surface area contributed by atoms with Crippen molar-refractivity contribution in [3.05, 3.63) is 0 Å². The second kappa shape index (κ2) is 11.3. The van der Waals surface area contributed by atoms with Crippen LogP contribution in [0.25, 0.3) is 0 Å². The standard InChI is InChI=1S/C19H39N5O3/c1-8-20-17(21-12-16(26-9-2)10-11-23(6)7)22-15-13-24(14-15)18(25)27-19(3,4)5/h15-16H,8-14H2,1-7H3,(H2,20,21,22). The highest BCUT2D eigenvalue weighted by Gasteiger charge is 2.34. The lowest BCUT2D eigenvalue weighted by Crippen LogP contribution is -2.63. The van der Waals surface area contributed by atoms with Crippen LogP contribution in [-0.2, 0) is 9.47 Å². The van der Waals surface area contributed by atoms with Crippen molar-refractivity contribution in [1.82, 2.24) is 20.4 Å². The Kier molecular flexibility index (Phi) is 9.87. The van der Waals surface area contributed by atoms with E-state index in [0.717, 1.165) is 25.5 Å². The molecule has 0 bridgehead atoms. The van der Waals surface area contributed by atoms with Crippen molar-refractivity contribution in [1.29, 1.82) is 0 Å². The van der Waals surface area contributed by atoms with Crippen molar-refractivity contribution in [2.45, 2.75) is 58.8 Å². The first-order chi connectivity index (χ1) is 12.6. The average molecular weight is 386 g/mol. The van der Waals surface area contributed by atoms with Crippen molar-refractivity contribution in [2.75, 3.05) is 53.4 Å². The summed E-state index contributed by atoms with van der Waals surface area (Å²) in [6.45, 7) is 14.0. The number of nitrogens with zero attached hydrogens (tertiary/aromatic N) is 3. The fourth-order valence-corrected chi connectivity index (χ4v) is 2.62. The molecular weight excluding hydrogens is 346 g/mol. The fraction of sp³-hybridized carbons (Fsp3) is 0.895. The van der Waals surface area contributed by atoms with Gasteiger partial charge < -0.3 is 29.9 Å². The van der Waals surface area contributed by atoms with Gasteiger partial charge in [0.05, 0.1) is 18.7 Å². The Morgan fingerprint density at radius 3 is 2.48 bits per heavy atom. The summed E-state index contributed by atoms with van der Waals surface area (Å²) in [4.78, 5) is 20.6. The van der Waals surface area contributed by atoms with Crippen LogP contribution >= 0.6 is 0 Å². The average Bonchev–Trinajstić information content (AvgIpc) is 2.50. The van der Waals surface area contributed by atoms with E-state index in [1.807, 2.05) is 34.6 Å². The van der Waals surface area contributed by atoms with Crippen LogP contribution in [0.2, 0.25) is 0 Å². The van der Waals surface area contributed by atoms with E-state index in [9.17, 15) is 4.79 Å². The number of hydrogen-bond donors (Lipinski definition) is 2. The highest BCUT2D eigenvalue weighted by Crippen LogP contribution is 2.15. The molecule has 0 aromatic carbocycles. The van der Waals surface area contributed by atoms with Crippen LogP contribution in [0.1, 0.15) is 41.0 Å². The van der Waals surface area contributed by atoms with Gasteiger partial charge in [-0.25, -0.2) is 4.79 Å². The zero-order valence-corrected chi connectivity index (χ0v) is 18.2. The molecule has 0 spiro atoms. The summed E-state index contributed by atoms with van der Waals surface area (Å²) in [5.41, 5.74) is -0.465. The Labute approximate surface area is 164 Å². The molecular formula is C19H39N5O3. The summed E-state index contributed by atoms with van der Waals surface area (Å²) in [6.07, 6.45) is 0.787. The molecule has 8 nitrogen and oxygen atoms in total. The predicted octanol–water partition coefficient (Wildman–Crippen LogP) is 1.52. The van der Waals surface area contributed by atoms with Crippen molar-refractivity contribution in [3.8, 4) is 0 Å². The third-order valence-electron chi connectivity index (χ3n) is 3.97. The molecule has 0 aromatic heterocycles. The van der Waals surface area contributed by atoms with Gasteiger partial charge >= 0.3 is 6.09 Å². The summed E-state index contributed by atoms with van der Waals surface area (Å²) in [5.74, 6) is 0.765. The Morgan fingerprint density at radius 1 is 1.30 bits per heavy atom. The van der Waals surface area contributed by atoms with Crippen LogP contribution in [-0.4, -0.2) is 93.0 Å². The Bertz CT molecular complexity index is 470. The minimum absolute atomic E-state index is 0.104. The minimum Gasteiger partial charge on any atom is -0.444 e. The van der Waals surface area contributed by atoms with Crippen LogP contribution in [0.5, 0.6) is 0 Å². The van der Waals surface area contributed by atoms with Crippen LogP contribution in [0.3, 0.4) is 0 Å². The minimum atomic E-state index is -0.465. The van der Waals surface area contributed by atoms with Crippen LogP contribution in [0.4, 0.5) is 4.79 Å². The van der Waals surface area contributed by atoms with Crippen molar-refractivity contribution < 1.29 is 14.3 Å². The maximum Gasteiger partial charge on any atom is 0.410 e. The number of likely N-dealkylation sites (tertiary alicyclic amines) is 1. The van der Waals surface area contributed by atoms with Crippen molar-refractivity contribution in [3.63, 3.8) is 0 Å². The zero-order chi connectivity index (χ0) is 20.4. The van der Waals surface area contributed by atoms with Gasteiger partial charge in [-0.3, -0.25) is 4.99 Å². The normalized spacial score (nSPS) is 16.9. The van der Waals surface area contributed by atoms with E-state index in [4.69, 9.17) is 9.47 Å². The van der Waals surface area contributed by atoms with Gasteiger partial charge in [0.15, 0.2) is 5.96 Å². The molecule has 1 atom stereocenters. The van der Waals surface area contributed by atoms with E-state index in [1.54, 1.807) is 4.90 Å². The molecule has 1 amide bonds. The molecule has 27 heavy (non-hydrogen) atoms. The number of amides is 1. The number of aliphatic imine (C=N–C) groups is 1. The van der Waals surface area contributed by atoms with E-state index in [-0.39, 0.29) is 18.2 Å².